The molecule has 0 aliphatic carbocycles. The molecule has 1 heterocycles. The molecule has 0 spiro atoms. The van der Waals surface area contributed by atoms with Gasteiger partial charge in [-0.15, -0.1) is 0 Å². The number of hydrogen-bond acceptors (Lipinski definition) is 2. The molecule has 1 aliphatic rings. The first-order valence-electron chi connectivity index (χ1n) is 8.40. The van der Waals surface area contributed by atoms with Crippen molar-refractivity contribution in [2.45, 2.75) is 40.0 Å². The van der Waals surface area contributed by atoms with Gasteiger partial charge in [0.15, 0.2) is 0 Å². The van der Waals surface area contributed by atoms with E-state index in [4.69, 9.17) is 4.74 Å². The van der Waals surface area contributed by atoms with Crippen molar-refractivity contribution in [1.29, 1.82) is 0 Å². The minimum Gasteiger partial charge on any atom is -0.465 e. The maximum Gasteiger partial charge on any atom is 0.129 e. The zero-order valence-corrected chi connectivity index (χ0v) is 14.4. The lowest BCUT2D eigenvalue weighted by molar-refractivity contribution is 0.470. The highest BCUT2D eigenvalue weighted by Gasteiger charge is 2.04. The highest BCUT2D eigenvalue weighted by molar-refractivity contribution is 5.52. The van der Waals surface area contributed by atoms with E-state index in [0.717, 1.165) is 18.7 Å². The van der Waals surface area contributed by atoms with Crippen LogP contribution in [0.4, 0.5) is 5.69 Å². The van der Waals surface area contributed by atoms with E-state index in [-0.39, 0.29) is 0 Å². The van der Waals surface area contributed by atoms with Crippen LogP contribution in [-0.4, -0.2) is 6.54 Å². The van der Waals surface area contributed by atoms with E-state index < -0.39 is 0 Å². The van der Waals surface area contributed by atoms with Gasteiger partial charge < -0.3 is 10.1 Å². The maximum absolute atomic E-state index is 5.53. The van der Waals surface area contributed by atoms with Crippen molar-refractivity contribution in [3.63, 3.8) is 0 Å². The lowest BCUT2D eigenvalue weighted by atomic mass is 10.0. The van der Waals surface area contributed by atoms with Crippen molar-refractivity contribution in [1.82, 2.24) is 0 Å². The van der Waals surface area contributed by atoms with Gasteiger partial charge in [0.05, 0.1) is 6.26 Å². The fourth-order valence-corrected chi connectivity index (χ4v) is 2.35. The summed E-state index contributed by atoms with van der Waals surface area (Å²) in [6.07, 6.45) is 5.37. The monoisotopic (exact) mass is 309 g/mol. The van der Waals surface area contributed by atoms with Gasteiger partial charge in [-0.2, -0.15) is 0 Å². The Labute approximate surface area is 140 Å². The predicted molar refractivity (Wildman–Crippen MR) is 99.1 cm³/mol. The lowest BCUT2D eigenvalue weighted by Crippen LogP contribution is -2.10. The maximum atomic E-state index is 5.53. The van der Waals surface area contributed by atoms with Crippen LogP contribution in [0, 0.1) is 6.92 Å². The average molecular weight is 309 g/mol. The number of nitrogens with one attached hydrogen (secondary N) is 1. The van der Waals surface area contributed by atoms with Gasteiger partial charge in [-0.1, -0.05) is 43.3 Å². The summed E-state index contributed by atoms with van der Waals surface area (Å²) in [6.45, 7) is 7.37. The molecule has 2 aromatic carbocycles. The summed E-state index contributed by atoms with van der Waals surface area (Å²) in [5, 5.41) is 3.36. The number of hydrogen-bond donors (Lipinski definition) is 1. The van der Waals surface area contributed by atoms with Gasteiger partial charge in [0, 0.05) is 12.2 Å². The van der Waals surface area contributed by atoms with E-state index in [9.17, 15) is 0 Å². The Hall–Kier alpha value is -2.22. The third-order valence-electron chi connectivity index (χ3n) is 3.99. The molecule has 0 saturated heterocycles. The minimum atomic E-state index is 0.940. The molecule has 122 valence electrons. The van der Waals surface area contributed by atoms with Crippen molar-refractivity contribution >= 4 is 5.69 Å². The highest BCUT2D eigenvalue weighted by atomic mass is 16.5. The van der Waals surface area contributed by atoms with Gasteiger partial charge >= 0.3 is 0 Å². The molecule has 0 fully saturated rings. The van der Waals surface area contributed by atoms with E-state index in [1.807, 2.05) is 37.5 Å². The number of benzene rings is 2. The predicted octanol–water partition coefficient (Wildman–Crippen LogP) is 5.73. The third-order valence-corrected chi connectivity index (χ3v) is 3.99. The summed E-state index contributed by atoms with van der Waals surface area (Å²) in [6, 6.07) is 16.5. The van der Waals surface area contributed by atoms with Gasteiger partial charge in [0.2, 0.25) is 0 Å². The van der Waals surface area contributed by atoms with Crippen molar-refractivity contribution in [3.8, 4) is 5.75 Å². The van der Waals surface area contributed by atoms with Gasteiger partial charge in [0.1, 0.15) is 5.75 Å². The molecule has 1 aliphatic heterocycles. The van der Waals surface area contributed by atoms with Gasteiger partial charge in [0.25, 0.3) is 0 Å². The molecule has 0 aromatic heterocycles. The normalized spacial score (nSPS) is 13.3. The lowest BCUT2D eigenvalue weighted by Gasteiger charge is -2.16. The Morgan fingerprint density at radius 1 is 1.13 bits per heavy atom. The van der Waals surface area contributed by atoms with E-state index in [2.05, 4.69) is 43.4 Å². The van der Waals surface area contributed by atoms with Crippen molar-refractivity contribution in [2.24, 2.45) is 0 Å². The van der Waals surface area contributed by atoms with Gasteiger partial charge in [-0.05, 0) is 61.9 Å². The van der Waals surface area contributed by atoms with Crippen molar-refractivity contribution in [2.75, 3.05) is 11.9 Å². The number of anilines is 1. The van der Waals surface area contributed by atoms with Crippen LogP contribution in [0.5, 0.6) is 5.75 Å². The number of fused-ring (bicyclic) bond motifs is 1. The highest BCUT2D eigenvalue weighted by Crippen LogP contribution is 2.20. The van der Waals surface area contributed by atoms with E-state index in [1.54, 1.807) is 0 Å². The number of aryl methyl sites for hydroxylation is 2. The van der Waals surface area contributed by atoms with E-state index in [1.165, 1.54) is 35.2 Å². The summed E-state index contributed by atoms with van der Waals surface area (Å²) in [7, 11) is 0. The second-order valence-corrected chi connectivity index (χ2v) is 5.89. The quantitative estimate of drug-likeness (QED) is 0.731. The minimum absolute atomic E-state index is 0.940. The standard InChI is InChI=1S/C12H16O.C9H11N/c1-4-10(2)9-13-12-8-6-5-7-11(12)3;1-2-6-9-8(4-1)5-3-7-10-9/h5-9H,4H2,1-3H3;1-2,4,6,10H,3,5,7H2. The summed E-state index contributed by atoms with van der Waals surface area (Å²) in [4.78, 5) is 0. The third kappa shape index (κ3) is 5.48. The van der Waals surface area contributed by atoms with Crippen LogP contribution in [0.15, 0.2) is 60.4 Å². The molecule has 0 saturated carbocycles. The number of allylic oxidation sites excluding steroid dienone is 1. The summed E-state index contributed by atoms with van der Waals surface area (Å²) in [5.41, 5.74) is 5.22. The van der Waals surface area contributed by atoms with Crippen molar-refractivity contribution < 1.29 is 4.74 Å². The molecule has 1 N–H and O–H groups in total. The van der Waals surface area contributed by atoms with Crippen LogP contribution in [0.25, 0.3) is 0 Å². The first kappa shape index (κ1) is 17.1. The topological polar surface area (TPSA) is 21.3 Å². The average Bonchev–Trinajstić information content (AvgIpc) is 2.61. The summed E-state index contributed by atoms with van der Waals surface area (Å²) >= 11 is 0. The first-order valence-corrected chi connectivity index (χ1v) is 8.40. The van der Waals surface area contributed by atoms with Crippen LogP contribution >= 0.6 is 0 Å². The second kappa shape index (κ2) is 9.04. The zero-order chi connectivity index (χ0) is 16.5. The van der Waals surface area contributed by atoms with Crippen molar-refractivity contribution in [3.05, 3.63) is 71.5 Å². The molecule has 0 unspecified atom stereocenters. The second-order valence-electron chi connectivity index (χ2n) is 5.89. The smallest absolute Gasteiger partial charge is 0.129 e. The van der Waals surface area contributed by atoms with E-state index >= 15 is 0 Å². The van der Waals surface area contributed by atoms with Crippen LogP contribution in [0.3, 0.4) is 0 Å². The molecule has 0 atom stereocenters. The molecule has 3 rings (SSSR count). The van der Waals surface area contributed by atoms with Crippen LogP contribution in [0.1, 0.15) is 37.8 Å². The molecule has 2 heteroatoms. The molecule has 2 aromatic rings. The summed E-state index contributed by atoms with van der Waals surface area (Å²) in [5.74, 6) is 0.940. The molecular weight excluding hydrogens is 282 g/mol. The Balaban J connectivity index is 0.000000172. The molecule has 0 bridgehead atoms. The summed E-state index contributed by atoms with van der Waals surface area (Å²) < 4.78 is 5.53. The van der Waals surface area contributed by atoms with Crippen LogP contribution in [0.2, 0.25) is 0 Å². The number of para-hydroxylation sites is 2. The fraction of sp³-hybridized carbons (Fsp3) is 0.333. The Bertz CT molecular complexity index is 621. The van der Waals surface area contributed by atoms with Crippen LogP contribution < -0.4 is 10.1 Å². The molecular formula is C21H27NO. The number of rotatable bonds is 3. The van der Waals surface area contributed by atoms with Gasteiger partial charge in [-0.25, -0.2) is 0 Å². The SMILES string of the molecule is CCC(C)=COc1ccccc1C.c1ccc2c(c1)CCCN2. The Morgan fingerprint density at radius 2 is 1.87 bits per heavy atom. The van der Waals surface area contributed by atoms with Gasteiger partial charge in [-0.3, -0.25) is 0 Å². The zero-order valence-electron chi connectivity index (χ0n) is 14.4. The first-order chi connectivity index (χ1) is 11.2. The molecule has 0 amide bonds. The fourth-order valence-electron chi connectivity index (χ4n) is 2.35. The number of ether oxygens (including phenoxy) is 1. The molecule has 0 radical (unpaired) electrons. The Kier molecular flexibility index (Phi) is 6.74. The molecule has 2 nitrogen and oxygen atoms in total. The Morgan fingerprint density at radius 3 is 2.61 bits per heavy atom. The largest absolute Gasteiger partial charge is 0.465 e. The van der Waals surface area contributed by atoms with E-state index in [0.29, 0.717) is 0 Å². The van der Waals surface area contributed by atoms with Crippen LogP contribution in [-0.2, 0) is 6.42 Å². The molecule has 23 heavy (non-hydrogen) atoms.